The zero-order valence-corrected chi connectivity index (χ0v) is 16.9. The van der Waals surface area contributed by atoms with Crippen LogP contribution in [-0.4, -0.2) is 27.7 Å². The van der Waals surface area contributed by atoms with Crippen LogP contribution in [0.25, 0.3) is 0 Å². The van der Waals surface area contributed by atoms with Gasteiger partial charge in [0.05, 0.1) is 12.4 Å². The van der Waals surface area contributed by atoms with Crippen LogP contribution in [0, 0.1) is 5.82 Å². The van der Waals surface area contributed by atoms with E-state index < -0.39 is 16.0 Å². The number of hydrogen-bond donors (Lipinski definition) is 1. The quantitative estimate of drug-likeness (QED) is 0.767. The molecular formula is C21H26FNO3S. The number of ether oxygens (including phenoxy) is 1. The summed E-state index contributed by atoms with van der Waals surface area (Å²) in [6.07, 6.45) is 0. The number of rotatable bonds is 7. The highest BCUT2D eigenvalue weighted by Crippen LogP contribution is 2.23. The Morgan fingerprint density at radius 1 is 1.11 bits per heavy atom. The lowest BCUT2D eigenvalue weighted by molar-refractivity contribution is -0.115. The minimum absolute atomic E-state index is 0.0435. The molecular weight excluding hydrogens is 365 g/mol. The maximum atomic E-state index is 12.8. The molecule has 2 aromatic rings. The van der Waals surface area contributed by atoms with Crippen molar-refractivity contribution in [1.29, 1.82) is 0 Å². The summed E-state index contributed by atoms with van der Waals surface area (Å²) in [7, 11) is -1.38. The third kappa shape index (κ3) is 6.47. The van der Waals surface area contributed by atoms with Gasteiger partial charge in [0.25, 0.3) is 0 Å². The highest BCUT2D eigenvalue weighted by molar-refractivity contribution is 7.86. The zero-order valence-electron chi connectivity index (χ0n) is 16.1. The van der Waals surface area contributed by atoms with Crippen molar-refractivity contribution >= 4 is 22.4 Å². The molecule has 2 aromatic carbocycles. The Kier molecular flexibility index (Phi) is 7.13. The maximum Gasteiger partial charge on any atom is 0.239 e. The van der Waals surface area contributed by atoms with E-state index in [-0.39, 0.29) is 29.5 Å². The highest BCUT2D eigenvalue weighted by atomic mass is 32.2. The standard InChI is InChI=1S/C21H26FNO3S/c1-15(27(25)14-13-26-19-11-7-17(22)8-12-19)20(24)23-18-9-5-16(6-10-18)21(2,3)4/h5-12,15H,13-14H2,1-4H3,(H,23,24)/t15-,27+/m1/s1. The summed E-state index contributed by atoms with van der Waals surface area (Å²) < 4.78 is 30.6. The molecule has 0 heterocycles. The summed E-state index contributed by atoms with van der Waals surface area (Å²) in [6.45, 7) is 8.20. The van der Waals surface area contributed by atoms with Crippen LogP contribution in [0.1, 0.15) is 33.3 Å². The third-order valence-corrected chi connectivity index (χ3v) is 5.72. The Labute approximate surface area is 162 Å². The minimum Gasteiger partial charge on any atom is -0.493 e. The molecule has 0 saturated carbocycles. The maximum absolute atomic E-state index is 12.8. The molecule has 0 saturated heterocycles. The summed E-state index contributed by atoms with van der Waals surface area (Å²) in [5, 5.41) is 2.14. The Morgan fingerprint density at radius 3 is 2.26 bits per heavy atom. The van der Waals surface area contributed by atoms with Crippen LogP contribution in [0.5, 0.6) is 5.75 Å². The molecule has 0 fully saturated rings. The highest BCUT2D eigenvalue weighted by Gasteiger charge is 2.20. The largest absolute Gasteiger partial charge is 0.493 e. The van der Waals surface area contributed by atoms with Crippen LogP contribution in [0.4, 0.5) is 10.1 Å². The van der Waals surface area contributed by atoms with Crippen LogP contribution in [0.15, 0.2) is 48.5 Å². The fraction of sp³-hybridized carbons (Fsp3) is 0.381. The molecule has 6 heteroatoms. The molecule has 4 nitrogen and oxygen atoms in total. The van der Waals surface area contributed by atoms with Crippen molar-refractivity contribution in [2.45, 2.75) is 38.4 Å². The average molecular weight is 392 g/mol. The molecule has 0 unspecified atom stereocenters. The van der Waals surface area contributed by atoms with Gasteiger partial charge in [-0.2, -0.15) is 0 Å². The summed E-state index contributed by atoms with van der Waals surface area (Å²) in [5.74, 6) is 0.0874. The molecule has 146 valence electrons. The van der Waals surface area contributed by atoms with Crippen molar-refractivity contribution in [3.63, 3.8) is 0 Å². The van der Waals surface area contributed by atoms with Gasteiger partial charge in [-0.1, -0.05) is 32.9 Å². The second-order valence-electron chi connectivity index (χ2n) is 7.35. The first-order valence-electron chi connectivity index (χ1n) is 8.84. The second kappa shape index (κ2) is 9.13. The predicted molar refractivity (Wildman–Crippen MR) is 108 cm³/mol. The van der Waals surface area contributed by atoms with Crippen LogP contribution in [0.3, 0.4) is 0 Å². The van der Waals surface area contributed by atoms with E-state index in [1.807, 2.05) is 24.3 Å². The van der Waals surface area contributed by atoms with E-state index in [9.17, 15) is 13.4 Å². The number of carbonyl (C=O) groups excluding carboxylic acids is 1. The van der Waals surface area contributed by atoms with Gasteiger partial charge in [-0.05, 0) is 54.3 Å². The fourth-order valence-electron chi connectivity index (χ4n) is 2.37. The van der Waals surface area contributed by atoms with Gasteiger partial charge in [0, 0.05) is 16.5 Å². The molecule has 0 aromatic heterocycles. The molecule has 1 N–H and O–H groups in total. The first-order valence-corrected chi connectivity index (χ1v) is 10.2. The molecule has 2 rings (SSSR count). The van der Waals surface area contributed by atoms with Gasteiger partial charge in [-0.15, -0.1) is 0 Å². The number of carbonyl (C=O) groups is 1. The summed E-state index contributed by atoms with van der Waals surface area (Å²) in [6, 6.07) is 13.3. The molecule has 0 spiro atoms. The molecule has 0 aliphatic rings. The van der Waals surface area contributed by atoms with E-state index in [1.54, 1.807) is 6.92 Å². The number of hydrogen-bond acceptors (Lipinski definition) is 3. The normalized spacial score (nSPS) is 13.7. The zero-order chi connectivity index (χ0) is 20.0. The van der Waals surface area contributed by atoms with Gasteiger partial charge in [0.1, 0.15) is 16.8 Å². The number of halogens is 1. The number of amides is 1. The van der Waals surface area contributed by atoms with Gasteiger partial charge in [-0.3, -0.25) is 9.00 Å². The molecule has 2 atom stereocenters. The van der Waals surface area contributed by atoms with Crippen LogP contribution in [0.2, 0.25) is 0 Å². The molecule has 27 heavy (non-hydrogen) atoms. The van der Waals surface area contributed by atoms with Crippen molar-refractivity contribution in [3.05, 3.63) is 59.9 Å². The molecule has 0 radical (unpaired) electrons. The van der Waals surface area contributed by atoms with E-state index in [1.165, 1.54) is 29.8 Å². The lowest BCUT2D eigenvalue weighted by Gasteiger charge is -2.19. The molecule has 1 amide bonds. The van der Waals surface area contributed by atoms with Crippen LogP contribution < -0.4 is 10.1 Å². The number of benzene rings is 2. The van der Waals surface area contributed by atoms with E-state index in [0.717, 1.165) is 0 Å². The first-order chi connectivity index (χ1) is 12.7. The Morgan fingerprint density at radius 2 is 1.70 bits per heavy atom. The Hall–Kier alpha value is -2.21. The van der Waals surface area contributed by atoms with Gasteiger partial charge in [0.15, 0.2) is 0 Å². The predicted octanol–water partition coefficient (Wildman–Crippen LogP) is 4.28. The molecule has 0 aliphatic heterocycles. The Balaban J connectivity index is 1.83. The Bertz CT molecular complexity index is 783. The van der Waals surface area contributed by atoms with Crippen molar-refractivity contribution in [1.82, 2.24) is 0 Å². The van der Waals surface area contributed by atoms with Gasteiger partial charge >= 0.3 is 0 Å². The van der Waals surface area contributed by atoms with E-state index in [4.69, 9.17) is 4.74 Å². The molecule has 0 bridgehead atoms. The monoisotopic (exact) mass is 391 g/mol. The number of anilines is 1. The van der Waals surface area contributed by atoms with Gasteiger partial charge in [0.2, 0.25) is 5.91 Å². The van der Waals surface area contributed by atoms with E-state index >= 15 is 0 Å². The summed E-state index contributed by atoms with van der Waals surface area (Å²) in [4.78, 5) is 12.3. The number of nitrogens with one attached hydrogen (secondary N) is 1. The van der Waals surface area contributed by atoms with Gasteiger partial charge < -0.3 is 10.1 Å². The summed E-state index contributed by atoms with van der Waals surface area (Å²) >= 11 is 0. The van der Waals surface area contributed by atoms with Crippen molar-refractivity contribution < 1.29 is 18.1 Å². The van der Waals surface area contributed by atoms with Crippen LogP contribution >= 0.6 is 0 Å². The topological polar surface area (TPSA) is 55.4 Å². The van der Waals surface area contributed by atoms with Crippen molar-refractivity contribution in [2.75, 3.05) is 17.7 Å². The second-order valence-corrected chi connectivity index (χ2v) is 9.22. The van der Waals surface area contributed by atoms with Crippen molar-refractivity contribution in [3.8, 4) is 5.75 Å². The fourth-order valence-corrected chi connectivity index (χ4v) is 3.26. The van der Waals surface area contributed by atoms with Crippen molar-refractivity contribution in [2.24, 2.45) is 0 Å². The third-order valence-electron chi connectivity index (χ3n) is 4.15. The lowest BCUT2D eigenvalue weighted by atomic mass is 9.87. The van der Waals surface area contributed by atoms with E-state index in [0.29, 0.717) is 11.4 Å². The summed E-state index contributed by atoms with van der Waals surface area (Å²) in [5.41, 5.74) is 1.90. The smallest absolute Gasteiger partial charge is 0.239 e. The van der Waals surface area contributed by atoms with Gasteiger partial charge in [-0.25, -0.2) is 4.39 Å². The lowest BCUT2D eigenvalue weighted by Crippen LogP contribution is -2.31. The van der Waals surface area contributed by atoms with E-state index in [2.05, 4.69) is 26.1 Å². The van der Waals surface area contributed by atoms with Crippen LogP contribution in [-0.2, 0) is 21.0 Å². The first kappa shape index (κ1) is 21.1. The average Bonchev–Trinajstić information content (AvgIpc) is 2.62. The minimum atomic E-state index is -1.38. The SMILES string of the molecule is C[C@H](C(=O)Nc1ccc(C(C)(C)C)cc1)[S@@](=O)CCOc1ccc(F)cc1. The molecule has 0 aliphatic carbocycles.